The van der Waals surface area contributed by atoms with Crippen molar-refractivity contribution in [3.63, 3.8) is 0 Å². The number of carbonyl (C=O) groups is 1. The molecule has 0 saturated heterocycles. The lowest BCUT2D eigenvalue weighted by atomic mass is 10.1. The van der Waals surface area contributed by atoms with E-state index in [1.54, 1.807) is 6.07 Å². The molecule has 2 N–H and O–H groups in total. The molecule has 1 aromatic carbocycles. The van der Waals surface area contributed by atoms with E-state index in [1.807, 2.05) is 0 Å². The number of ether oxygens (including phenoxy) is 1. The summed E-state index contributed by atoms with van der Waals surface area (Å²) in [4.78, 5) is 13.2. The highest BCUT2D eigenvalue weighted by molar-refractivity contribution is 7.91. The number of nitrogens with zero attached hydrogens (tertiary/aromatic N) is 5. The smallest absolute Gasteiger partial charge is 0.416 e. The third-order valence-corrected chi connectivity index (χ3v) is 5.62. The van der Waals surface area contributed by atoms with Gasteiger partial charge in [0.1, 0.15) is 11.6 Å². The van der Waals surface area contributed by atoms with Crippen LogP contribution in [0.4, 0.5) is 18.9 Å². The van der Waals surface area contributed by atoms with Gasteiger partial charge >= 0.3 is 6.18 Å². The zero-order valence-corrected chi connectivity index (χ0v) is 18.7. The number of hydrogen-bond acceptors (Lipinski definition) is 9. The van der Waals surface area contributed by atoms with Crippen LogP contribution in [0.15, 0.2) is 35.2 Å². The lowest BCUT2D eigenvalue weighted by Crippen LogP contribution is -2.21. The van der Waals surface area contributed by atoms with Gasteiger partial charge in [-0.15, -0.1) is 20.4 Å². The number of amides is 1. The van der Waals surface area contributed by atoms with Gasteiger partial charge in [0.05, 0.1) is 9.73 Å². The second kappa shape index (κ2) is 9.02. The van der Waals surface area contributed by atoms with Crippen molar-refractivity contribution in [2.45, 2.75) is 24.9 Å². The van der Waals surface area contributed by atoms with Crippen LogP contribution in [0.5, 0.6) is 11.8 Å². The predicted octanol–water partition coefficient (Wildman–Crippen LogP) is 3.85. The Morgan fingerprint density at radius 3 is 2.41 bits per heavy atom. The van der Waals surface area contributed by atoms with Crippen LogP contribution in [0.2, 0.25) is 0 Å². The number of aromatic nitrogens is 4. The number of nitrogens with one attached hydrogen (secondary N) is 2. The molecule has 0 spiro atoms. The van der Waals surface area contributed by atoms with E-state index >= 15 is 0 Å². The Kier molecular flexibility index (Phi) is 6.51. The molecule has 3 rings (SSSR count). The van der Waals surface area contributed by atoms with Crippen LogP contribution >= 0.6 is 0 Å². The largest absolute Gasteiger partial charge is 0.435 e. The van der Waals surface area contributed by atoms with E-state index in [2.05, 4.69) is 25.7 Å². The minimum absolute atomic E-state index is 0.0146. The molecule has 2 heterocycles. The summed E-state index contributed by atoms with van der Waals surface area (Å²) in [5.41, 5.74) is -2.11. The number of nitriles is 1. The van der Waals surface area contributed by atoms with Gasteiger partial charge in [-0.2, -0.15) is 18.4 Å². The van der Waals surface area contributed by atoms with Crippen LogP contribution in [0.1, 0.15) is 32.9 Å². The maximum atomic E-state index is 13.4. The van der Waals surface area contributed by atoms with Crippen molar-refractivity contribution in [2.24, 2.45) is 0 Å². The van der Waals surface area contributed by atoms with Crippen LogP contribution in [-0.4, -0.2) is 36.8 Å². The third kappa shape index (κ3) is 5.26. The highest BCUT2D eigenvalue weighted by Crippen LogP contribution is 2.35. The van der Waals surface area contributed by atoms with Gasteiger partial charge in [0.2, 0.25) is 5.88 Å². The van der Waals surface area contributed by atoms with E-state index in [1.165, 1.54) is 43.5 Å². The van der Waals surface area contributed by atoms with Gasteiger partial charge in [-0.3, -0.25) is 4.79 Å². The molecule has 0 saturated carbocycles. The molecule has 0 fully saturated rings. The number of carbonyl (C=O) groups excluding carboxylic acids is 1. The number of halogens is 3. The molecule has 2 aromatic heterocycles. The molecular weight excluding hydrogens is 475 g/mol. The van der Waals surface area contributed by atoms with Crippen molar-refractivity contribution in [1.82, 2.24) is 20.4 Å². The van der Waals surface area contributed by atoms with Crippen molar-refractivity contribution in [2.75, 3.05) is 11.6 Å². The Balaban J connectivity index is 2.08. The molecule has 0 aliphatic heterocycles. The van der Waals surface area contributed by atoms with Crippen molar-refractivity contribution < 1.29 is 26.9 Å². The van der Waals surface area contributed by atoms with Gasteiger partial charge in [-0.25, -0.2) is 8.99 Å². The summed E-state index contributed by atoms with van der Waals surface area (Å²) in [5, 5.41) is 25.2. The fourth-order valence-corrected chi connectivity index (χ4v) is 3.53. The van der Waals surface area contributed by atoms with E-state index in [0.717, 1.165) is 6.92 Å². The van der Waals surface area contributed by atoms with E-state index in [-0.39, 0.29) is 22.2 Å². The van der Waals surface area contributed by atoms with E-state index in [0.29, 0.717) is 5.56 Å². The maximum Gasteiger partial charge on any atom is 0.435 e. The summed E-state index contributed by atoms with van der Waals surface area (Å²) in [6, 6.07) is 8.67. The summed E-state index contributed by atoms with van der Waals surface area (Å²) < 4.78 is 65.4. The van der Waals surface area contributed by atoms with E-state index < -0.39 is 44.5 Å². The molecule has 1 unspecified atom stereocenters. The van der Waals surface area contributed by atoms with Gasteiger partial charge in [0, 0.05) is 22.4 Å². The summed E-state index contributed by atoms with van der Waals surface area (Å²) >= 11 is 0. The number of alkyl halides is 3. The highest BCUT2D eigenvalue weighted by atomic mass is 32.2. The SMILES string of the molecule is Cc1cc(C#N)nnc1Oc1nnc(C(F)(F)F)c(C)c1C(=O)Nc1cccc(S(C)(=N)=O)c1. The van der Waals surface area contributed by atoms with Gasteiger partial charge in [-0.1, -0.05) is 6.07 Å². The zero-order valence-electron chi connectivity index (χ0n) is 17.9. The normalized spacial score (nSPS) is 13.0. The van der Waals surface area contributed by atoms with Crippen molar-refractivity contribution in [1.29, 1.82) is 10.0 Å². The first-order chi connectivity index (χ1) is 15.8. The monoisotopic (exact) mass is 491 g/mol. The molecule has 1 amide bonds. The van der Waals surface area contributed by atoms with Crippen LogP contribution in [0.25, 0.3) is 0 Å². The van der Waals surface area contributed by atoms with Crippen LogP contribution in [0, 0.1) is 30.0 Å². The summed E-state index contributed by atoms with van der Waals surface area (Å²) in [7, 11) is -3.10. The topological polar surface area (TPSA) is 155 Å². The molecule has 0 aliphatic carbocycles. The molecule has 10 nitrogen and oxygen atoms in total. The lowest BCUT2D eigenvalue weighted by molar-refractivity contribution is -0.142. The molecule has 0 radical (unpaired) electrons. The molecule has 176 valence electrons. The molecular formula is C20H16F3N7O3S. The molecule has 14 heteroatoms. The van der Waals surface area contributed by atoms with Gasteiger partial charge in [-0.05, 0) is 43.7 Å². The summed E-state index contributed by atoms with van der Waals surface area (Å²) in [6.45, 7) is 2.55. The van der Waals surface area contributed by atoms with Crippen molar-refractivity contribution in [3.05, 3.63) is 58.4 Å². The van der Waals surface area contributed by atoms with Crippen molar-refractivity contribution >= 4 is 21.3 Å². The van der Waals surface area contributed by atoms with Crippen LogP contribution in [-0.2, 0) is 15.9 Å². The fourth-order valence-electron chi connectivity index (χ4n) is 2.84. The average molecular weight is 491 g/mol. The first-order valence-electron chi connectivity index (χ1n) is 9.33. The fraction of sp³-hybridized carbons (Fsp3) is 0.200. The number of hydrogen-bond donors (Lipinski definition) is 2. The minimum atomic E-state index is -4.90. The third-order valence-electron chi connectivity index (χ3n) is 4.47. The first kappa shape index (κ1) is 24.5. The van der Waals surface area contributed by atoms with Gasteiger partial charge in [0.15, 0.2) is 11.4 Å². The minimum Gasteiger partial charge on any atom is -0.416 e. The Morgan fingerprint density at radius 2 is 1.82 bits per heavy atom. The zero-order chi connectivity index (χ0) is 25.3. The average Bonchev–Trinajstić information content (AvgIpc) is 2.73. The summed E-state index contributed by atoms with van der Waals surface area (Å²) in [5.74, 6) is -1.78. The number of aryl methyl sites for hydroxylation is 1. The molecule has 3 aromatic rings. The summed E-state index contributed by atoms with van der Waals surface area (Å²) in [6.07, 6.45) is -3.71. The molecule has 0 aliphatic rings. The number of benzene rings is 1. The predicted molar refractivity (Wildman–Crippen MR) is 113 cm³/mol. The van der Waals surface area contributed by atoms with Crippen LogP contribution < -0.4 is 10.1 Å². The Morgan fingerprint density at radius 1 is 1.15 bits per heavy atom. The second-order valence-electron chi connectivity index (χ2n) is 7.11. The van der Waals surface area contributed by atoms with E-state index in [9.17, 15) is 22.2 Å². The highest BCUT2D eigenvalue weighted by Gasteiger charge is 2.38. The van der Waals surface area contributed by atoms with Crippen LogP contribution in [0.3, 0.4) is 0 Å². The quantitative estimate of drug-likeness (QED) is 0.545. The van der Waals surface area contributed by atoms with Gasteiger partial charge in [0.25, 0.3) is 11.8 Å². The van der Waals surface area contributed by atoms with E-state index in [4.69, 9.17) is 14.8 Å². The van der Waals surface area contributed by atoms with Crippen molar-refractivity contribution in [3.8, 4) is 17.8 Å². The Bertz CT molecular complexity index is 1430. The maximum absolute atomic E-state index is 13.4. The second-order valence-corrected chi connectivity index (χ2v) is 9.27. The standard InChI is InChI=1S/C20H16F3N7O3S/c1-10-7-13(9-24)27-29-18(10)33-19-15(11(2)16(28-30-19)20(21,22)23)17(31)26-12-5-4-6-14(8-12)34(3,25)32/h4-8,25H,1-3H3,(H,26,31). The first-order valence-corrected chi connectivity index (χ1v) is 11.3. The number of rotatable bonds is 5. The Labute approximate surface area is 191 Å². The Hall–Kier alpha value is -4.12. The molecule has 0 bridgehead atoms. The lowest BCUT2D eigenvalue weighted by Gasteiger charge is -2.16. The number of anilines is 1. The van der Waals surface area contributed by atoms with Gasteiger partial charge < -0.3 is 10.1 Å². The molecule has 1 atom stereocenters. The molecule has 34 heavy (non-hydrogen) atoms.